The number of hydrogen-bond donors (Lipinski definition) is 3. The Morgan fingerprint density at radius 1 is 1.13 bits per heavy atom. The maximum atomic E-state index is 9.55. The van der Waals surface area contributed by atoms with Crippen LogP contribution in [0.1, 0.15) is 0 Å². The molecule has 0 unspecified atom stereocenters. The summed E-state index contributed by atoms with van der Waals surface area (Å²) < 4.78 is 0. The second kappa shape index (κ2) is 8.24. The first-order chi connectivity index (χ1) is 7.13. The lowest BCUT2D eigenvalue weighted by Gasteiger charge is -1.78. The van der Waals surface area contributed by atoms with E-state index < -0.39 is 11.9 Å². The van der Waals surface area contributed by atoms with Crippen LogP contribution in [0.5, 0.6) is 0 Å². The van der Waals surface area contributed by atoms with Crippen LogP contribution in [-0.2, 0) is 9.59 Å². The summed E-state index contributed by atoms with van der Waals surface area (Å²) in [5.41, 5.74) is 0. The standard InChI is InChI=1S/C5H6N2.C4H4O4/c1-2-6-4-5-7-3-1;5-3(6)1-2-4(7)8/h1-6H;1-2H,(H,5,6)(H,7,8)/b;2-1+. The minimum absolute atomic E-state index is 0.558. The van der Waals surface area contributed by atoms with Crippen molar-refractivity contribution in [3.05, 3.63) is 36.8 Å². The van der Waals surface area contributed by atoms with Crippen LogP contribution in [-0.4, -0.2) is 28.4 Å². The van der Waals surface area contributed by atoms with Gasteiger partial charge in [-0.1, -0.05) is 0 Å². The zero-order valence-corrected chi connectivity index (χ0v) is 7.70. The highest BCUT2D eigenvalue weighted by Gasteiger charge is 1.88. The predicted octanol–water partition coefficient (Wildman–Crippen LogP) is 0.357. The molecule has 0 aromatic carbocycles. The van der Waals surface area contributed by atoms with E-state index in [2.05, 4.69) is 10.3 Å². The topological polar surface area (TPSA) is 99.0 Å². The number of carboxylic acid groups (broad SMARTS) is 2. The number of rotatable bonds is 2. The first-order valence-electron chi connectivity index (χ1n) is 3.86. The second-order valence-corrected chi connectivity index (χ2v) is 2.15. The molecule has 6 nitrogen and oxygen atoms in total. The molecule has 15 heavy (non-hydrogen) atoms. The van der Waals surface area contributed by atoms with Gasteiger partial charge in [0.2, 0.25) is 0 Å². The Morgan fingerprint density at radius 3 is 2.27 bits per heavy atom. The number of aliphatic imine (C=N–C) groups is 1. The Labute approximate surface area is 85.9 Å². The summed E-state index contributed by atoms with van der Waals surface area (Å²) in [6, 6.07) is 0. The molecule has 0 aromatic rings. The van der Waals surface area contributed by atoms with Crippen molar-refractivity contribution in [3.63, 3.8) is 0 Å². The molecule has 3 N–H and O–H groups in total. The smallest absolute Gasteiger partial charge is 0.328 e. The minimum atomic E-state index is -1.26. The summed E-state index contributed by atoms with van der Waals surface area (Å²) >= 11 is 0. The summed E-state index contributed by atoms with van der Waals surface area (Å²) in [6.07, 6.45) is 9.94. The Kier molecular flexibility index (Phi) is 6.94. The fraction of sp³-hybridized carbons (Fsp3) is 0. The van der Waals surface area contributed by atoms with Gasteiger partial charge in [0.25, 0.3) is 0 Å². The van der Waals surface area contributed by atoms with E-state index in [1.54, 1.807) is 18.6 Å². The maximum absolute atomic E-state index is 9.55. The number of allylic oxidation sites excluding steroid dienone is 1. The van der Waals surface area contributed by atoms with E-state index in [0.29, 0.717) is 12.2 Å². The normalized spacial score (nSPS) is 12.5. The molecule has 0 atom stereocenters. The Bertz CT molecular complexity index is 299. The molecule has 80 valence electrons. The summed E-state index contributed by atoms with van der Waals surface area (Å²) in [5.74, 6) is -2.51. The van der Waals surface area contributed by atoms with Gasteiger partial charge in [0.05, 0.1) is 0 Å². The van der Waals surface area contributed by atoms with Gasteiger partial charge in [-0.3, -0.25) is 4.99 Å². The van der Waals surface area contributed by atoms with E-state index >= 15 is 0 Å². The number of carbonyl (C=O) groups is 2. The van der Waals surface area contributed by atoms with E-state index in [9.17, 15) is 9.59 Å². The molecule has 0 amide bonds. The third-order valence-electron chi connectivity index (χ3n) is 0.990. The van der Waals surface area contributed by atoms with Crippen LogP contribution in [0.4, 0.5) is 0 Å². The van der Waals surface area contributed by atoms with Crippen molar-refractivity contribution in [3.8, 4) is 0 Å². The van der Waals surface area contributed by atoms with Gasteiger partial charge < -0.3 is 15.5 Å². The fourth-order valence-electron chi connectivity index (χ4n) is 0.482. The molecule has 0 aromatic heterocycles. The molecule has 0 spiro atoms. The van der Waals surface area contributed by atoms with Crippen LogP contribution < -0.4 is 5.32 Å². The molecule has 1 aliphatic rings. The Hall–Kier alpha value is -2.37. The largest absolute Gasteiger partial charge is 0.478 e. The molecule has 0 radical (unpaired) electrons. The van der Waals surface area contributed by atoms with Crippen molar-refractivity contribution in [1.82, 2.24) is 5.32 Å². The van der Waals surface area contributed by atoms with Gasteiger partial charge in [-0.25, -0.2) is 9.59 Å². The predicted molar refractivity (Wildman–Crippen MR) is 54.3 cm³/mol. The van der Waals surface area contributed by atoms with Gasteiger partial charge in [0, 0.05) is 37.0 Å². The third kappa shape index (κ3) is 11.6. The van der Waals surface area contributed by atoms with Gasteiger partial charge in [-0.2, -0.15) is 0 Å². The molecule has 1 aliphatic heterocycles. The van der Waals surface area contributed by atoms with Gasteiger partial charge in [0.1, 0.15) is 0 Å². The van der Waals surface area contributed by atoms with Crippen molar-refractivity contribution >= 4 is 18.2 Å². The third-order valence-corrected chi connectivity index (χ3v) is 0.990. The average molecular weight is 210 g/mol. The fourth-order valence-corrected chi connectivity index (χ4v) is 0.482. The number of nitrogens with zero attached hydrogens (tertiary/aromatic N) is 1. The van der Waals surface area contributed by atoms with E-state index in [-0.39, 0.29) is 0 Å². The van der Waals surface area contributed by atoms with E-state index in [4.69, 9.17) is 10.2 Å². The number of carboxylic acids is 2. The summed E-state index contributed by atoms with van der Waals surface area (Å²) in [4.78, 5) is 22.9. The lowest BCUT2D eigenvalue weighted by atomic mass is 10.5. The van der Waals surface area contributed by atoms with Crippen LogP contribution in [0.25, 0.3) is 0 Å². The highest BCUT2D eigenvalue weighted by Crippen LogP contribution is 1.75. The highest BCUT2D eigenvalue weighted by atomic mass is 16.4. The van der Waals surface area contributed by atoms with E-state index in [1.807, 2.05) is 12.3 Å². The first kappa shape index (κ1) is 12.6. The van der Waals surface area contributed by atoms with Crippen molar-refractivity contribution in [1.29, 1.82) is 0 Å². The Morgan fingerprint density at radius 2 is 1.73 bits per heavy atom. The van der Waals surface area contributed by atoms with E-state index in [1.165, 1.54) is 0 Å². The SMILES string of the molecule is C1=CNC=CN=C1.O=C(O)/C=C/C(=O)O. The lowest BCUT2D eigenvalue weighted by Crippen LogP contribution is -1.91. The Balaban J connectivity index is 0.000000262. The monoisotopic (exact) mass is 210 g/mol. The van der Waals surface area contributed by atoms with E-state index in [0.717, 1.165) is 0 Å². The molecule has 1 heterocycles. The highest BCUT2D eigenvalue weighted by molar-refractivity contribution is 5.89. The van der Waals surface area contributed by atoms with Crippen LogP contribution >= 0.6 is 0 Å². The van der Waals surface area contributed by atoms with Crippen LogP contribution in [0.15, 0.2) is 41.8 Å². The van der Waals surface area contributed by atoms with Gasteiger partial charge >= 0.3 is 11.9 Å². The van der Waals surface area contributed by atoms with Crippen molar-refractivity contribution in [2.45, 2.75) is 0 Å². The molecule has 0 aliphatic carbocycles. The van der Waals surface area contributed by atoms with Gasteiger partial charge in [-0.05, 0) is 6.08 Å². The molecule has 0 saturated carbocycles. The molecule has 0 saturated heterocycles. The van der Waals surface area contributed by atoms with Crippen LogP contribution in [0.2, 0.25) is 0 Å². The van der Waals surface area contributed by atoms with Crippen LogP contribution in [0, 0.1) is 0 Å². The average Bonchev–Trinajstić information content (AvgIpc) is 2.47. The van der Waals surface area contributed by atoms with Crippen molar-refractivity contribution < 1.29 is 19.8 Å². The number of aliphatic carboxylic acids is 2. The molecular formula is C9H10N2O4. The van der Waals surface area contributed by atoms with Crippen molar-refractivity contribution in [2.75, 3.05) is 0 Å². The zero-order valence-electron chi connectivity index (χ0n) is 7.70. The summed E-state index contributed by atoms with van der Waals surface area (Å²) in [5, 5.41) is 18.5. The molecule has 1 rings (SSSR count). The maximum Gasteiger partial charge on any atom is 0.328 e. The molecule has 6 heteroatoms. The quantitative estimate of drug-likeness (QED) is 0.571. The number of nitrogens with one attached hydrogen (secondary N) is 1. The van der Waals surface area contributed by atoms with Gasteiger partial charge in [-0.15, -0.1) is 0 Å². The second-order valence-electron chi connectivity index (χ2n) is 2.15. The molecule has 0 fully saturated rings. The minimum Gasteiger partial charge on any atom is -0.478 e. The first-order valence-corrected chi connectivity index (χ1v) is 3.86. The summed E-state index contributed by atoms with van der Waals surface area (Å²) in [7, 11) is 0. The van der Waals surface area contributed by atoms with Gasteiger partial charge in [0.15, 0.2) is 0 Å². The summed E-state index contributed by atoms with van der Waals surface area (Å²) in [6.45, 7) is 0. The van der Waals surface area contributed by atoms with Crippen LogP contribution in [0.3, 0.4) is 0 Å². The molecular weight excluding hydrogens is 200 g/mol. The number of hydrogen-bond acceptors (Lipinski definition) is 4. The lowest BCUT2D eigenvalue weighted by molar-refractivity contribution is -0.134. The zero-order chi connectivity index (χ0) is 11.5. The molecule has 0 bridgehead atoms. The van der Waals surface area contributed by atoms with Crippen molar-refractivity contribution in [2.24, 2.45) is 4.99 Å².